The van der Waals surface area contributed by atoms with Crippen LogP contribution in [0.3, 0.4) is 0 Å². The van der Waals surface area contributed by atoms with Gasteiger partial charge >= 0.3 is 0 Å². The molecule has 22 heavy (non-hydrogen) atoms. The molecule has 0 aliphatic heterocycles. The Morgan fingerprint density at radius 2 is 1.59 bits per heavy atom. The zero-order valence-electron chi connectivity index (χ0n) is 12.5. The van der Waals surface area contributed by atoms with Crippen LogP contribution in [0.25, 0.3) is 0 Å². The van der Waals surface area contributed by atoms with Gasteiger partial charge in [-0.15, -0.1) is 0 Å². The third kappa shape index (κ3) is 3.11. The maximum Gasteiger partial charge on any atom is 0.256 e. The first-order chi connectivity index (χ1) is 10.6. The predicted molar refractivity (Wildman–Crippen MR) is 80.5 cm³/mol. The molecule has 1 N–H and O–H groups in total. The molecule has 0 atom stereocenters. The molecule has 2 aromatic carbocycles. The number of hydrogen-bond donors (Lipinski definition) is 1. The van der Waals surface area contributed by atoms with Crippen LogP contribution < -0.4 is 19.5 Å². The third-order valence-electron chi connectivity index (χ3n) is 3.05. The largest absolute Gasteiger partial charge is 0.493 e. The second-order valence-electron chi connectivity index (χ2n) is 4.35. The van der Waals surface area contributed by atoms with Gasteiger partial charge in [0, 0.05) is 5.56 Å². The fourth-order valence-corrected chi connectivity index (χ4v) is 1.97. The summed E-state index contributed by atoms with van der Waals surface area (Å²) in [6, 6.07) is 8.92. The van der Waals surface area contributed by atoms with Crippen molar-refractivity contribution in [3.8, 4) is 17.2 Å². The highest BCUT2D eigenvalue weighted by atomic mass is 19.1. The predicted octanol–water partition coefficient (Wildman–Crippen LogP) is 3.10. The average molecular weight is 305 g/mol. The summed E-state index contributed by atoms with van der Waals surface area (Å²) < 4.78 is 29.1. The van der Waals surface area contributed by atoms with Gasteiger partial charge in [-0.05, 0) is 24.3 Å². The van der Waals surface area contributed by atoms with Crippen LogP contribution in [0.15, 0.2) is 36.4 Å². The van der Waals surface area contributed by atoms with Crippen molar-refractivity contribution in [2.75, 3.05) is 26.6 Å². The first kappa shape index (κ1) is 15.6. The number of rotatable bonds is 5. The Labute approximate surface area is 127 Å². The van der Waals surface area contributed by atoms with Crippen molar-refractivity contribution < 1.29 is 23.4 Å². The van der Waals surface area contributed by atoms with E-state index in [-0.39, 0.29) is 11.3 Å². The van der Waals surface area contributed by atoms with Gasteiger partial charge in [0.2, 0.25) is 5.75 Å². The van der Waals surface area contributed by atoms with Crippen molar-refractivity contribution in [1.82, 2.24) is 0 Å². The molecule has 0 bridgehead atoms. The van der Waals surface area contributed by atoms with Crippen LogP contribution in [0.5, 0.6) is 17.2 Å². The summed E-state index contributed by atoms with van der Waals surface area (Å²) >= 11 is 0. The van der Waals surface area contributed by atoms with Crippen molar-refractivity contribution in [2.45, 2.75) is 0 Å². The second-order valence-corrected chi connectivity index (χ2v) is 4.35. The van der Waals surface area contributed by atoms with Crippen molar-refractivity contribution in [3.05, 3.63) is 47.8 Å². The van der Waals surface area contributed by atoms with E-state index in [0.29, 0.717) is 17.2 Å². The highest BCUT2D eigenvalue weighted by Gasteiger charge is 2.17. The lowest BCUT2D eigenvalue weighted by Gasteiger charge is -2.14. The van der Waals surface area contributed by atoms with Crippen LogP contribution in [0.2, 0.25) is 0 Å². The van der Waals surface area contributed by atoms with Gasteiger partial charge in [-0.3, -0.25) is 4.79 Å². The van der Waals surface area contributed by atoms with E-state index < -0.39 is 11.7 Å². The van der Waals surface area contributed by atoms with Crippen LogP contribution in [-0.2, 0) is 0 Å². The van der Waals surface area contributed by atoms with E-state index in [9.17, 15) is 9.18 Å². The third-order valence-corrected chi connectivity index (χ3v) is 3.05. The summed E-state index contributed by atoms with van der Waals surface area (Å²) in [7, 11) is 4.38. The maximum absolute atomic E-state index is 13.6. The molecular formula is C16H16FNO4. The normalized spacial score (nSPS) is 10.0. The van der Waals surface area contributed by atoms with Gasteiger partial charge in [0.1, 0.15) is 5.82 Å². The molecular weight excluding hydrogens is 289 g/mol. The quantitative estimate of drug-likeness (QED) is 0.922. The first-order valence-electron chi connectivity index (χ1n) is 6.46. The summed E-state index contributed by atoms with van der Waals surface area (Å²) in [5.74, 6) is 0.0844. The Bertz CT molecular complexity index is 663. The van der Waals surface area contributed by atoms with Crippen LogP contribution in [0.4, 0.5) is 10.1 Å². The van der Waals surface area contributed by atoms with Crippen LogP contribution in [0, 0.1) is 5.82 Å². The number of carbonyl (C=O) groups is 1. The van der Waals surface area contributed by atoms with Crippen molar-refractivity contribution in [1.29, 1.82) is 0 Å². The lowest BCUT2D eigenvalue weighted by Crippen LogP contribution is -2.13. The monoisotopic (exact) mass is 305 g/mol. The van der Waals surface area contributed by atoms with Crippen LogP contribution >= 0.6 is 0 Å². The molecule has 6 heteroatoms. The lowest BCUT2D eigenvalue weighted by molar-refractivity contribution is 0.102. The lowest BCUT2D eigenvalue weighted by atomic mass is 10.1. The molecule has 116 valence electrons. The summed E-state index contributed by atoms with van der Waals surface area (Å²) in [4.78, 5) is 12.3. The summed E-state index contributed by atoms with van der Waals surface area (Å²) in [5, 5.41) is 2.50. The molecule has 0 radical (unpaired) electrons. The fourth-order valence-electron chi connectivity index (χ4n) is 1.97. The molecule has 0 aromatic heterocycles. The highest BCUT2D eigenvalue weighted by Crippen LogP contribution is 2.38. The number of methoxy groups -OCH3 is 3. The first-order valence-corrected chi connectivity index (χ1v) is 6.46. The van der Waals surface area contributed by atoms with Gasteiger partial charge < -0.3 is 19.5 Å². The van der Waals surface area contributed by atoms with Gasteiger partial charge in [-0.2, -0.15) is 0 Å². The zero-order chi connectivity index (χ0) is 16.1. The minimum absolute atomic E-state index is 0.0984. The number of benzene rings is 2. The summed E-state index contributed by atoms with van der Waals surface area (Å²) in [6.07, 6.45) is 0. The molecule has 0 saturated carbocycles. The maximum atomic E-state index is 13.6. The standard InChI is InChI=1S/C16H16FNO4/c1-20-13-8-10(9-14(21-2)15(13)22-3)16(19)18-12-7-5-4-6-11(12)17/h4-9H,1-3H3,(H,18,19). The minimum Gasteiger partial charge on any atom is -0.493 e. The number of anilines is 1. The number of halogens is 1. The number of para-hydroxylation sites is 1. The second kappa shape index (κ2) is 6.80. The molecule has 1 amide bonds. The Balaban J connectivity index is 2.36. The molecule has 0 unspecified atom stereocenters. The Morgan fingerprint density at radius 3 is 2.09 bits per heavy atom. The zero-order valence-corrected chi connectivity index (χ0v) is 12.5. The van der Waals surface area contributed by atoms with E-state index in [0.717, 1.165) is 0 Å². The summed E-state index contributed by atoms with van der Waals surface area (Å²) in [5.41, 5.74) is 0.360. The van der Waals surface area contributed by atoms with Crippen molar-refractivity contribution >= 4 is 11.6 Å². The van der Waals surface area contributed by atoms with Crippen LogP contribution in [-0.4, -0.2) is 27.2 Å². The van der Waals surface area contributed by atoms with E-state index >= 15 is 0 Å². The SMILES string of the molecule is COc1cc(C(=O)Nc2ccccc2F)cc(OC)c1OC. The molecule has 5 nitrogen and oxygen atoms in total. The fraction of sp³-hybridized carbons (Fsp3) is 0.188. The van der Waals surface area contributed by atoms with E-state index in [2.05, 4.69) is 5.32 Å². The number of nitrogens with one attached hydrogen (secondary N) is 1. The molecule has 0 aliphatic carbocycles. The van der Waals surface area contributed by atoms with Crippen LogP contribution in [0.1, 0.15) is 10.4 Å². The Kier molecular flexibility index (Phi) is 4.83. The molecule has 0 fully saturated rings. The average Bonchev–Trinajstić information content (AvgIpc) is 2.55. The van der Waals surface area contributed by atoms with Gasteiger partial charge in [0.05, 0.1) is 27.0 Å². The molecule has 0 spiro atoms. The Hall–Kier alpha value is -2.76. The van der Waals surface area contributed by atoms with Gasteiger partial charge in [-0.1, -0.05) is 12.1 Å². The number of amides is 1. The van der Waals surface area contributed by atoms with E-state index in [1.54, 1.807) is 12.1 Å². The molecule has 2 rings (SSSR count). The van der Waals surface area contributed by atoms with Gasteiger partial charge in [0.25, 0.3) is 5.91 Å². The summed E-state index contributed by atoms with van der Waals surface area (Å²) in [6.45, 7) is 0. The molecule has 0 saturated heterocycles. The van der Waals surface area contributed by atoms with E-state index in [4.69, 9.17) is 14.2 Å². The van der Waals surface area contributed by atoms with Gasteiger partial charge in [-0.25, -0.2) is 4.39 Å². The highest BCUT2D eigenvalue weighted by molar-refractivity contribution is 6.05. The molecule has 0 heterocycles. The number of carbonyl (C=O) groups excluding carboxylic acids is 1. The van der Waals surface area contributed by atoms with Crippen molar-refractivity contribution in [2.24, 2.45) is 0 Å². The smallest absolute Gasteiger partial charge is 0.256 e. The minimum atomic E-state index is -0.511. The molecule has 0 aliphatic rings. The van der Waals surface area contributed by atoms with Gasteiger partial charge in [0.15, 0.2) is 11.5 Å². The van der Waals surface area contributed by atoms with E-state index in [1.165, 1.54) is 45.6 Å². The molecule has 2 aromatic rings. The van der Waals surface area contributed by atoms with E-state index in [1.807, 2.05) is 0 Å². The Morgan fingerprint density at radius 1 is 1.00 bits per heavy atom. The number of ether oxygens (including phenoxy) is 3. The number of hydrogen-bond acceptors (Lipinski definition) is 4. The van der Waals surface area contributed by atoms with Crippen molar-refractivity contribution in [3.63, 3.8) is 0 Å². The topological polar surface area (TPSA) is 56.8 Å².